The summed E-state index contributed by atoms with van der Waals surface area (Å²) in [4.78, 5) is 11.7. The van der Waals surface area contributed by atoms with Crippen molar-refractivity contribution in [1.82, 2.24) is 5.32 Å². The molecule has 0 spiro atoms. The minimum Gasteiger partial charge on any atom is -0.494 e. The summed E-state index contributed by atoms with van der Waals surface area (Å²) >= 11 is 5.95. The first-order valence-electron chi connectivity index (χ1n) is 7.68. The average molecular weight is 350 g/mol. The van der Waals surface area contributed by atoms with E-state index in [1.165, 1.54) is 0 Å². The summed E-state index contributed by atoms with van der Waals surface area (Å²) in [6.45, 7) is 3.22. The van der Waals surface area contributed by atoms with Gasteiger partial charge in [-0.15, -0.1) is 0 Å². The van der Waals surface area contributed by atoms with Crippen LogP contribution >= 0.6 is 11.6 Å². The lowest BCUT2D eigenvalue weighted by atomic mass is 10.3. The molecule has 2 aromatic carbocycles. The molecule has 6 heteroatoms. The van der Waals surface area contributed by atoms with E-state index in [1.807, 2.05) is 31.2 Å². The fraction of sp³-hybridized carbons (Fsp3) is 0.278. The minimum atomic E-state index is -0.231. The van der Waals surface area contributed by atoms with Gasteiger partial charge < -0.3 is 19.5 Å². The van der Waals surface area contributed by atoms with Crippen molar-refractivity contribution in [3.8, 4) is 17.2 Å². The van der Waals surface area contributed by atoms with Crippen molar-refractivity contribution in [2.24, 2.45) is 0 Å². The topological polar surface area (TPSA) is 56.8 Å². The molecule has 2 rings (SSSR count). The number of para-hydroxylation sites is 1. The SMILES string of the molecule is CCOc1ccc(OCCNC(=O)COc2ccccc2Cl)cc1. The van der Waals surface area contributed by atoms with Gasteiger partial charge in [-0.3, -0.25) is 4.79 Å². The molecule has 0 fully saturated rings. The molecule has 0 heterocycles. The molecule has 0 saturated heterocycles. The summed E-state index contributed by atoms with van der Waals surface area (Å²) in [5, 5.41) is 3.19. The van der Waals surface area contributed by atoms with Crippen molar-refractivity contribution in [3.05, 3.63) is 53.6 Å². The van der Waals surface area contributed by atoms with E-state index in [4.69, 9.17) is 25.8 Å². The highest BCUT2D eigenvalue weighted by molar-refractivity contribution is 6.32. The Labute approximate surface area is 146 Å². The predicted octanol–water partition coefficient (Wildman–Crippen LogP) is 3.31. The first-order valence-corrected chi connectivity index (χ1v) is 8.06. The number of hydrogen-bond acceptors (Lipinski definition) is 4. The van der Waals surface area contributed by atoms with E-state index in [1.54, 1.807) is 24.3 Å². The number of carbonyl (C=O) groups excluding carboxylic acids is 1. The van der Waals surface area contributed by atoms with E-state index in [0.29, 0.717) is 30.5 Å². The van der Waals surface area contributed by atoms with Crippen LogP contribution in [-0.2, 0) is 4.79 Å². The van der Waals surface area contributed by atoms with Gasteiger partial charge in [0.05, 0.1) is 18.2 Å². The first kappa shape index (κ1) is 17.9. The zero-order valence-electron chi connectivity index (χ0n) is 13.5. The lowest BCUT2D eigenvalue weighted by Crippen LogP contribution is -2.32. The van der Waals surface area contributed by atoms with Crippen molar-refractivity contribution in [2.75, 3.05) is 26.4 Å². The van der Waals surface area contributed by atoms with Crippen molar-refractivity contribution < 1.29 is 19.0 Å². The number of rotatable bonds is 9. The molecular formula is C18H20ClNO4. The molecule has 0 unspecified atom stereocenters. The summed E-state index contributed by atoms with van der Waals surface area (Å²) in [6.07, 6.45) is 0. The van der Waals surface area contributed by atoms with Crippen LogP contribution in [0.25, 0.3) is 0 Å². The molecule has 0 atom stereocenters. The van der Waals surface area contributed by atoms with Crippen molar-refractivity contribution in [3.63, 3.8) is 0 Å². The fourth-order valence-electron chi connectivity index (χ4n) is 1.91. The number of nitrogens with one attached hydrogen (secondary N) is 1. The molecule has 0 saturated carbocycles. The Morgan fingerprint density at radius 3 is 2.33 bits per heavy atom. The highest BCUT2D eigenvalue weighted by Crippen LogP contribution is 2.22. The highest BCUT2D eigenvalue weighted by atomic mass is 35.5. The summed E-state index contributed by atoms with van der Waals surface area (Å²) in [5.41, 5.74) is 0. The van der Waals surface area contributed by atoms with Gasteiger partial charge in [0, 0.05) is 0 Å². The first-order chi connectivity index (χ1) is 11.7. The van der Waals surface area contributed by atoms with Crippen LogP contribution in [0.15, 0.2) is 48.5 Å². The molecule has 24 heavy (non-hydrogen) atoms. The zero-order chi connectivity index (χ0) is 17.2. The van der Waals surface area contributed by atoms with Gasteiger partial charge in [0.2, 0.25) is 0 Å². The Balaban J connectivity index is 1.63. The van der Waals surface area contributed by atoms with Gasteiger partial charge in [0.15, 0.2) is 6.61 Å². The second-order valence-corrected chi connectivity index (χ2v) is 5.23. The number of benzene rings is 2. The smallest absolute Gasteiger partial charge is 0.258 e. The van der Waals surface area contributed by atoms with Crippen LogP contribution in [0.3, 0.4) is 0 Å². The van der Waals surface area contributed by atoms with E-state index in [2.05, 4.69) is 5.32 Å². The molecule has 5 nitrogen and oxygen atoms in total. The quantitative estimate of drug-likeness (QED) is 0.706. The maximum Gasteiger partial charge on any atom is 0.258 e. The Bertz CT molecular complexity index is 646. The van der Waals surface area contributed by atoms with Gasteiger partial charge >= 0.3 is 0 Å². The van der Waals surface area contributed by atoms with Crippen LogP contribution in [0, 0.1) is 0 Å². The van der Waals surface area contributed by atoms with E-state index < -0.39 is 0 Å². The summed E-state index contributed by atoms with van der Waals surface area (Å²) in [6, 6.07) is 14.4. The largest absolute Gasteiger partial charge is 0.494 e. The van der Waals surface area contributed by atoms with Crippen molar-refractivity contribution in [1.29, 1.82) is 0 Å². The Morgan fingerprint density at radius 2 is 1.67 bits per heavy atom. The van der Waals surface area contributed by atoms with Gasteiger partial charge in [-0.1, -0.05) is 23.7 Å². The molecule has 0 bridgehead atoms. The van der Waals surface area contributed by atoms with Gasteiger partial charge in [-0.2, -0.15) is 0 Å². The van der Waals surface area contributed by atoms with Crippen LogP contribution in [0.4, 0.5) is 0 Å². The highest BCUT2D eigenvalue weighted by Gasteiger charge is 2.05. The third kappa shape index (κ3) is 6.01. The minimum absolute atomic E-state index is 0.0905. The molecule has 1 amide bonds. The normalized spacial score (nSPS) is 10.1. The lowest BCUT2D eigenvalue weighted by Gasteiger charge is -2.10. The van der Waals surface area contributed by atoms with Crippen LogP contribution in [0.5, 0.6) is 17.2 Å². The molecule has 0 radical (unpaired) electrons. The summed E-state index contributed by atoms with van der Waals surface area (Å²) in [7, 11) is 0. The Hall–Kier alpha value is -2.40. The van der Waals surface area contributed by atoms with Crippen LogP contribution in [-0.4, -0.2) is 32.3 Å². The number of halogens is 1. The van der Waals surface area contributed by atoms with Crippen LogP contribution in [0.2, 0.25) is 5.02 Å². The average Bonchev–Trinajstić information content (AvgIpc) is 2.60. The molecule has 128 valence electrons. The van der Waals surface area contributed by atoms with Crippen LogP contribution < -0.4 is 19.5 Å². The van der Waals surface area contributed by atoms with Gasteiger partial charge in [0.1, 0.15) is 23.9 Å². The second-order valence-electron chi connectivity index (χ2n) is 4.82. The maximum absolute atomic E-state index is 11.7. The molecule has 0 aliphatic heterocycles. The number of hydrogen-bond donors (Lipinski definition) is 1. The van der Waals surface area contributed by atoms with E-state index in [-0.39, 0.29) is 12.5 Å². The Morgan fingerprint density at radius 1 is 1.00 bits per heavy atom. The standard InChI is InChI=1S/C18H20ClNO4/c1-2-22-14-7-9-15(10-8-14)23-12-11-20-18(21)13-24-17-6-4-3-5-16(17)19/h3-10H,2,11-13H2,1H3,(H,20,21). The summed E-state index contributed by atoms with van der Waals surface area (Å²) in [5.74, 6) is 1.78. The maximum atomic E-state index is 11.7. The Kier molecular flexibility index (Phi) is 7.23. The van der Waals surface area contributed by atoms with Crippen LogP contribution in [0.1, 0.15) is 6.92 Å². The fourth-order valence-corrected chi connectivity index (χ4v) is 2.10. The van der Waals surface area contributed by atoms with Gasteiger partial charge in [0.25, 0.3) is 5.91 Å². The van der Waals surface area contributed by atoms with Crippen molar-refractivity contribution in [2.45, 2.75) is 6.92 Å². The molecule has 0 aliphatic carbocycles. The molecular weight excluding hydrogens is 330 g/mol. The third-order valence-electron chi connectivity index (χ3n) is 3.02. The molecule has 2 aromatic rings. The number of carbonyl (C=O) groups is 1. The third-order valence-corrected chi connectivity index (χ3v) is 3.34. The molecule has 1 N–H and O–H groups in total. The molecule has 0 aromatic heterocycles. The van der Waals surface area contributed by atoms with E-state index >= 15 is 0 Å². The lowest BCUT2D eigenvalue weighted by molar-refractivity contribution is -0.123. The van der Waals surface area contributed by atoms with E-state index in [0.717, 1.165) is 11.5 Å². The molecule has 0 aliphatic rings. The summed E-state index contributed by atoms with van der Waals surface area (Å²) < 4.78 is 16.2. The number of amides is 1. The second kappa shape index (κ2) is 9.67. The van der Waals surface area contributed by atoms with Gasteiger partial charge in [-0.05, 0) is 43.3 Å². The predicted molar refractivity (Wildman–Crippen MR) is 93.1 cm³/mol. The monoisotopic (exact) mass is 349 g/mol. The zero-order valence-corrected chi connectivity index (χ0v) is 14.2. The van der Waals surface area contributed by atoms with Crippen molar-refractivity contribution >= 4 is 17.5 Å². The van der Waals surface area contributed by atoms with E-state index in [9.17, 15) is 4.79 Å². The van der Waals surface area contributed by atoms with Gasteiger partial charge in [-0.25, -0.2) is 0 Å². The number of ether oxygens (including phenoxy) is 3.